The molecule has 2 aromatic heterocycles. The lowest BCUT2D eigenvalue weighted by Crippen LogP contribution is -2.28. The highest BCUT2D eigenvalue weighted by atomic mass is 32.1. The van der Waals surface area contributed by atoms with Gasteiger partial charge in [-0.15, -0.1) is 11.3 Å². The normalized spacial score (nSPS) is 10.7. The van der Waals surface area contributed by atoms with Crippen LogP contribution in [-0.2, 0) is 0 Å². The summed E-state index contributed by atoms with van der Waals surface area (Å²) in [6.07, 6.45) is 3.22. The summed E-state index contributed by atoms with van der Waals surface area (Å²) in [4.78, 5) is 0.778. The average Bonchev–Trinajstić information content (AvgIpc) is 2.41. The Labute approximate surface area is 66.9 Å². The maximum absolute atomic E-state index is 8.84. The van der Waals surface area contributed by atoms with Crippen molar-refractivity contribution in [3.63, 3.8) is 0 Å². The maximum Gasteiger partial charge on any atom is 0.493 e. The molecule has 0 aliphatic rings. The lowest BCUT2D eigenvalue weighted by atomic mass is 9.83. The van der Waals surface area contributed by atoms with Crippen LogP contribution in [0.15, 0.2) is 17.8 Å². The molecule has 0 aliphatic carbocycles. The molecule has 2 N–H and O–H groups in total. The first-order valence-corrected chi connectivity index (χ1v) is 3.94. The monoisotopic (exact) mass is 168 g/mol. The van der Waals surface area contributed by atoms with Crippen LogP contribution in [0.25, 0.3) is 4.83 Å². The minimum absolute atomic E-state index is 0.458. The van der Waals surface area contributed by atoms with Crippen molar-refractivity contribution in [2.24, 2.45) is 0 Å². The van der Waals surface area contributed by atoms with Crippen LogP contribution in [-0.4, -0.2) is 26.8 Å². The fourth-order valence-corrected chi connectivity index (χ4v) is 1.74. The Morgan fingerprint density at radius 3 is 3.09 bits per heavy atom. The minimum atomic E-state index is -1.42. The van der Waals surface area contributed by atoms with E-state index < -0.39 is 7.12 Å². The van der Waals surface area contributed by atoms with Gasteiger partial charge >= 0.3 is 7.12 Å². The first-order valence-electron chi connectivity index (χ1n) is 3.06. The van der Waals surface area contributed by atoms with E-state index >= 15 is 0 Å². The molecule has 11 heavy (non-hydrogen) atoms. The summed E-state index contributed by atoms with van der Waals surface area (Å²) in [6.45, 7) is 0. The van der Waals surface area contributed by atoms with E-state index in [1.54, 1.807) is 10.7 Å². The highest BCUT2D eigenvalue weighted by Gasteiger charge is 2.17. The molecule has 0 saturated carbocycles. The number of aromatic nitrogens is 2. The Morgan fingerprint density at radius 2 is 2.36 bits per heavy atom. The van der Waals surface area contributed by atoms with Crippen molar-refractivity contribution in [1.82, 2.24) is 9.61 Å². The van der Waals surface area contributed by atoms with Gasteiger partial charge in [0.25, 0.3) is 0 Å². The van der Waals surface area contributed by atoms with Gasteiger partial charge < -0.3 is 10.0 Å². The van der Waals surface area contributed by atoms with E-state index in [4.69, 9.17) is 10.0 Å². The van der Waals surface area contributed by atoms with Crippen molar-refractivity contribution in [3.05, 3.63) is 17.8 Å². The van der Waals surface area contributed by atoms with E-state index in [1.807, 2.05) is 5.38 Å². The predicted octanol–water partition coefficient (Wildman–Crippen LogP) is -0.924. The van der Waals surface area contributed by atoms with E-state index in [0.717, 1.165) is 4.83 Å². The van der Waals surface area contributed by atoms with Crippen molar-refractivity contribution >= 4 is 28.7 Å². The second kappa shape index (κ2) is 2.33. The van der Waals surface area contributed by atoms with Gasteiger partial charge in [0.1, 0.15) is 4.83 Å². The van der Waals surface area contributed by atoms with Gasteiger partial charge in [-0.1, -0.05) is 0 Å². The molecule has 6 heteroatoms. The number of nitrogens with zero attached hydrogens (tertiary/aromatic N) is 2. The molecule has 4 nitrogen and oxygen atoms in total. The largest absolute Gasteiger partial charge is 0.493 e. The van der Waals surface area contributed by atoms with E-state index in [2.05, 4.69) is 5.10 Å². The fraction of sp³-hybridized carbons (Fsp3) is 0. The summed E-state index contributed by atoms with van der Waals surface area (Å²) in [5, 5.41) is 23.4. The maximum atomic E-state index is 8.84. The van der Waals surface area contributed by atoms with Crippen molar-refractivity contribution in [1.29, 1.82) is 0 Å². The zero-order valence-electron chi connectivity index (χ0n) is 5.51. The third-order valence-electron chi connectivity index (χ3n) is 1.44. The van der Waals surface area contributed by atoms with E-state index in [0.29, 0.717) is 5.46 Å². The lowest BCUT2D eigenvalue weighted by Gasteiger charge is -1.89. The summed E-state index contributed by atoms with van der Waals surface area (Å²) in [7, 11) is -1.42. The molecule has 0 atom stereocenters. The van der Waals surface area contributed by atoms with Gasteiger partial charge in [0, 0.05) is 17.0 Å². The molecule has 0 fully saturated rings. The van der Waals surface area contributed by atoms with Crippen molar-refractivity contribution in [2.45, 2.75) is 0 Å². The SMILES string of the molecule is OB(O)c1cnn2ccsc12. The van der Waals surface area contributed by atoms with Gasteiger partial charge in [-0.05, 0) is 0 Å². The molecule has 0 amide bonds. The van der Waals surface area contributed by atoms with Gasteiger partial charge in [-0.3, -0.25) is 0 Å². The molecule has 2 aromatic rings. The number of rotatable bonds is 1. The van der Waals surface area contributed by atoms with Crippen LogP contribution in [0.4, 0.5) is 0 Å². The first-order chi connectivity index (χ1) is 5.29. The molecule has 0 saturated heterocycles. The number of hydrogen-bond donors (Lipinski definition) is 2. The van der Waals surface area contributed by atoms with Crippen LogP contribution >= 0.6 is 11.3 Å². The van der Waals surface area contributed by atoms with Crippen molar-refractivity contribution < 1.29 is 10.0 Å². The van der Waals surface area contributed by atoms with Crippen LogP contribution in [0.1, 0.15) is 0 Å². The van der Waals surface area contributed by atoms with Gasteiger partial charge in [-0.25, -0.2) is 4.52 Å². The predicted molar refractivity (Wildman–Crippen MR) is 42.9 cm³/mol. The molecular formula is C5H5BN2O2S. The standard InChI is InChI=1S/C5H5BN2O2S/c9-6(10)4-3-7-8-1-2-11-5(4)8/h1-3,9-10H. The summed E-state index contributed by atoms with van der Waals surface area (Å²) in [5.41, 5.74) is 0.458. The summed E-state index contributed by atoms with van der Waals surface area (Å²) in [5.74, 6) is 0. The fourth-order valence-electron chi connectivity index (χ4n) is 0.922. The Bertz CT molecular complexity index is 369. The molecular weight excluding hydrogens is 163 g/mol. The highest BCUT2D eigenvalue weighted by Crippen LogP contribution is 2.07. The third kappa shape index (κ3) is 0.955. The van der Waals surface area contributed by atoms with Crippen LogP contribution in [0.5, 0.6) is 0 Å². The Kier molecular flexibility index (Phi) is 1.45. The topological polar surface area (TPSA) is 57.8 Å². The van der Waals surface area contributed by atoms with E-state index in [-0.39, 0.29) is 0 Å². The van der Waals surface area contributed by atoms with Crippen molar-refractivity contribution in [2.75, 3.05) is 0 Å². The lowest BCUT2D eigenvalue weighted by molar-refractivity contribution is 0.426. The molecule has 0 bridgehead atoms. The quantitative estimate of drug-likeness (QED) is 0.541. The first kappa shape index (κ1) is 6.84. The van der Waals surface area contributed by atoms with Crippen LogP contribution < -0.4 is 5.46 Å². The number of thiazole rings is 1. The molecule has 56 valence electrons. The number of fused-ring (bicyclic) bond motifs is 1. The Balaban J connectivity index is 2.68. The Morgan fingerprint density at radius 1 is 1.55 bits per heavy atom. The highest BCUT2D eigenvalue weighted by molar-refractivity contribution is 7.17. The van der Waals surface area contributed by atoms with Crippen LogP contribution in [0.2, 0.25) is 0 Å². The zero-order valence-corrected chi connectivity index (χ0v) is 6.32. The summed E-state index contributed by atoms with van der Waals surface area (Å²) in [6, 6.07) is 0. The van der Waals surface area contributed by atoms with Gasteiger partial charge in [0.05, 0.1) is 6.20 Å². The number of hydrogen-bond acceptors (Lipinski definition) is 4. The third-order valence-corrected chi connectivity index (χ3v) is 2.34. The molecule has 0 aromatic carbocycles. The molecule has 0 unspecified atom stereocenters. The van der Waals surface area contributed by atoms with Crippen molar-refractivity contribution in [3.8, 4) is 0 Å². The second-order valence-corrected chi connectivity index (χ2v) is 3.02. The average molecular weight is 168 g/mol. The van der Waals surface area contributed by atoms with Crippen LogP contribution in [0, 0.1) is 0 Å². The van der Waals surface area contributed by atoms with Gasteiger partial charge in [0.15, 0.2) is 0 Å². The minimum Gasteiger partial charge on any atom is -0.423 e. The molecule has 0 aliphatic heterocycles. The smallest absolute Gasteiger partial charge is 0.423 e. The van der Waals surface area contributed by atoms with E-state index in [9.17, 15) is 0 Å². The Hall–Kier alpha value is -0.845. The molecule has 2 rings (SSSR count). The summed E-state index contributed by atoms with van der Waals surface area (Å²) < 4.78 is 1.61. The molecule has 2 heterocycles. The van der Waals surface area contributed by atoms with Gasteiger partial charge in [0.2, 0.25) is 0 Å². The molecule has 0 radical (unpaired) electrons. The summed E-state index contributed by atoms with van der Waals surface area (Å²) >= 11 is 1.43. The zero-order chi connectivity index (χ0) is 7.84. The van der Waals surface area contributed by atoms with E-state index in [1.165, 1.54) is 17.5 Å². The molecule has 0 spiro atoms. The second-order valence-electron chi connectivity index (χ2n) is 2.13. The van der Waals surface area contributed by atoms with Crippen LogP contribution in [0.3, 0.4) is 0 Å². The van der Waals surface area contributed by atoms with Gasteiger partial charge in [-0.2, -0.15) is 5.10 Å².